The molecule has 18 heavy (non-hydrogen) atoms. The largest absolute Gasteiger partial charge is 0.324 e. The van der Waals surface area contributed by atoms with Gasteiger partial charge in [-0.1, -0.05) is 44.0 Å². The molecule has 0 aliphatic rings. The minimum absolute atomic E-state index is 0.00314. The molecule has 0 amide bonds. The van der Waals surface area contributed by atoms with E-state index in [-0.39, 0.29) is 6.04 Å². The van der Waals surface area contributed by atoms with E-state index in [1.54, 1.807) is 0 Å². The van der Waals surface area contributed by atoms with Crippen molar-refractivity contribution in [3.8, 4) is 0 Å². The van der Waals surface area contributed by atoms with E-state index < -0.39 is 0 Å². The van der Waals surface area contributed by atoms with E-state index in [4.69, 9.17) is 5.73 Å². The molecule has 0 heterocycles. The van der Waals surface area contributed by atoms with Crippen LogP contribution in [0.1, 0.15) is 17.2 Å². The summed E-state index contributed by atoms with van der Waals surface area (Å²) in [6, 6.07) is 14.5. The van der Waals surface area contributed by atoms with Gasteiger partial charge < -0.3 is 5.73 Å². The maximum absolute atomic E-state index is 6.30. The highest BCUT2D eigenvalue weighted by molar-refractivity contribution is 14.1. The molecule has 94 valence electrons. The predicted octanol–water partition coefficient (Wildman–Crippen LogP) is 5.06. The number of benzene rings is 2. The third-order valence-electron chi connectivity index (χ3n) is 2.70. The summed E-state index contributed by atoms with van der Waals surface area (Å²) in [4.78, 5) is 0. The fourth-order valence-electron chi connectivity index (χ4n) is 1.83. The molecule has 0 spiro atoms. The van der Waals surface area contributed by atoms with Crippen LogP contribution < -0.4 is 5.73 Å². The number of nitrogens with two attached hydrogens (primary N) is 1. The lowest BCUT2D eigenvalue weighted by Gasteiger charge is -2.14. The zero-order chi connectivity index (χ0) is 13.1. The van der Waals surface area contributed by atoms with Crippen LogP contribution in [0.5, 0.6) is 0 Å². The van der Waals surface area contributed by atoms with Crippen LogP contribution in [-0.2, 0) is 6.42 Å². The highest BCUT2D eigenvalue weighted by Gasteiger charge is 2.11. The van der Waals surface area contributed by atoms with Gasteiger partial charge in [0.25, 0.3) is 0 Å². The third-order valence-corrected chi connectivity index (χ3v) is 4.59. The lowest BCUT2D eigenvalue weighted by Crippen LogP contribution is -2.14. The lowest BCUT2D eigenvalue weighted by molar-refractivity contribution is 0.717. The summed E-state index contributed by atoms with van der Waals surface area (Å²) in [5, 5.41) is 0. The molecule has 0 aromatic heterocycles. The van der Waals surface area contributed by atoms with Gasteiger partial charge in [0.1, 0.15) is 0 Å². The van der Waals surface area contributed by atoms with Crippen molar-refractivity contribution in [1.29, 1.82) is 0 Å². The predicted molar refractivity (Wildman–Crippen MR) is 91.6 cm³/mol. The van der Waals surface area contributed by atoms with Crippen LogP contribution in [0.4, 0.5) is 0 Å². The Kier molecular flexibility index (Phi) is 5.24. The Hall–Kier alpha value is 0.0900. The van der Waals surface area contributed by atoms with Gasteiger partial charge in [-0.05, 0) is 70.5 Å². The molecule has 2 N–H and O–H groups in total. The zero-order valence-corrected chi connectivity index (χ0v) is 14.9. The van der Waals surface area contributed by atoms with Gasteiger partial charge in [-0.2, -0.15) is 0 Å². The van der Waals surface area contributed by atoms with Crippen molar-refractivity contribution in [3.05, 3.63) is 66.1 Å². The second-order valence-corrected chi connectivity index (χ2v) is 7.12. The number of halogens is 3. The first kappa shape index (κ1) is 14.5. The van der Waals surface area contributed by atoms with Gasteiger partial charge in [0, 0.05) is 18.6 Å². The van der Waals surface area contributed by atoms with Gasteiger partial charge in [-0.3, -0.25) is 0 Å². The van der Waals surface area contributed by atoms with Gasteiger partial charge in [0.2, 0.25) is 0 Å². The Balaban J connectivity index is 2.21. The van der Waals surface area contributed by atoms with E-state index in [0.29, 0.717) is 0 Å². The molecule has 2 aromatic carbocycles. The second-order valence-electron chi connectivity index (χ2n) is 4.11. The lowest BCUT2D eigenvalue weighted by atomic mass is 10.00. The summed E-state index contributed by atoms with van der Waals surface area (Å²) in [6.45, 7) is 0. The standard InChI is InChI=1S/C14H12Br2IN/c15-10-3-1-2-9(6-10)7-14(18)12-8-11(17)4-5-13(12)16/h1-6,8,14H,7,18H2. The first-order valence-corrected chi connectivity index (χ1v) is 8.17. The van der Waals surface area contributed by atoms with Gasteiger partial charge in [0.15, 0.2) is 0 Å². The Labute approximate surface area is 138 Å². The van der Waals surface area contributed by atoms with E-state index in [0.717, 1.165) is 20.9 Å². The fourth-order valence-corrected chi connectivity index (χ4v) is 3.33. The smallest absolute Gasteiger partial charge is 0.0347 e. The maximum Gasteiger partial charge on any atom is 0.0347 e. The topological polar surface area (TPSA) is 26.0 Å². The average Bonchev–Trinajstić information content (AvgIpc) is 2.32. The van der Waals surface area contributed by atoms with E-state index in [2.05, 4.69) is 84.8 Å². The van der Waals surface area contributed by atoms with Crippen LogP contribution in [0.2, 0.25) is 0 Å². The highest BCUT2D eigenvalue weighted by atomic mass is 127. The van der Waals surface area contributed by atoms with Crippen LogP contribution >= 0.6 is 54.5 Å². The Morgan fingerprint density at radius 1 is 1.11 bits per heavy atom. The molecule has 0 aliphatic heterocycles. The van der Waals surface area contributed by atoms with Gasteiger partial charge in [-0.15, -0.1) is 0 Å². The minimum atomic E-state index is 0.00314. The molecule has 4 heteroatoms. The SMILES string of the molecule is NC(Cc1cccc(Br)c1)c1cc(I)ccc1Br. The Morgan fingerprint density at radius 2 is 1.89 bits per heavy atom. The van der Waals surface area contributed by atoms with E-state index in [1.165, 1.54) is 9.13 Å². The number of hydrogen-bond donors (Lipinski definition) is 1. The average molecular weight is 481 g/mol. The van der Waals surface area contributed by atoms with Crippen molar-refractivity contribution in [3.63, 3.8) is 0 Å². The van der Waals surface area contributed by atoms with Gasteiger partial charge >= 0.3 is 0 Å². The van der Waals surface area contributed by atoms with Crippen molar-refractivity contribution in [2.24, 2.45) is 5.73 Å². The first-order chi connectivity index (χ1) is 8.56. The van der Waals surface area contributed by atoms with Crippen LogP contribution in [0.15, 0.2) is 51.4 Å². The molecule has 1 nitrogen and oxygen atoms in total. The minimum Gasteiger partial charge on any atom is -0.324 e. The van der Waals surface area contributed by atoms with E-state index >= 15 is 0 Å². The number of hydrogen-bond acceptors (Lipinski definition) is 1. The monoisotopic (exact) mass is 479 g/mol. The summed E-state index contributed by atoms with van der Waals surface area (Å²) in [6.07, 6.45) is 0.831. The van der Waals surface area contributed by atoms with Gasteiger partial charge in [-0.25, -0.2) is 0 Å². The summed E-state index contributed by atoms with van der Waals surface area (Å²) in [7, 11) is 0. The molecule has 0 saturated carbocycles. The van der Waals surface area contributed by atoms with E-state index in [1.807, 2.05) is 12.1 Å². The molecule has 1 atom stereocenters. The summed E-state index contributed by atoms with van der Waals surface area (Å²) in [5.41, 5.74) is 8.69. The van der Waals surface area contributed by atoms with Crippen molar-refractivity contribution in [1.82, 2.24) is 0 Å². The normalized spacial score (nSPS) is 12.4. The zero-order valence-electron chi connectivity index (χ0n) is 9.54. The molecule has 0 aliphatic carbocycles. The summed E-state index contributed by atoms with van der Waals surface area (Å²) in [5.74, 6) is 0. The molecule has 0 saturated heterocycles. The summed E-state index contributed by atoms with van der Waals surface area (Å²) < 4.78 is 3.37. The molecule has 0 bridgehead atoms. The molecule has 0 radical (unpaired) electrons. The van der Waals surface area contributed by atoms with Crippen LogP contribution in [-0.4, -0.2) is 0 Å². The highest BCUT2D eigenvalue weighted by Crippen LogP contribution is 2.27. The van der Waals surface area contributed by atoms with Crippen molar-refractivity contribution in [2.75, 3.05) is 0 Å². The molecule has 2 aromatic rings. The van der Waals surface area contributed by atoms with Crippen LogP contribution in [0.3, 0.4) is 0 Å². The van der Waals surface area contributed by atoms with Crippen molar-refractivity contribution >= 4 is 54.5 Å². The third kappa shape index (κ3) is 3.79. The van der Waals surface area contributed by atoms with Crippen LogP contribution in [0, 0.1) is 3.57 Å². The summed E-state index contributed by atoms with van der Waals surface area (Å²) >= 11 is 9.36. The molecule has 0 fully saturated rings. The van der Waals surface area contributed by atoms with Gasteiger partial charge in [0.05, 0.1) is 0 Å². The Bertz CT molecular complexity index is 557. The fraction of sp³-hybridized carbons (Fsp3) is 0.143. The first-order valence-electron chi connectivity index (χ1n) is 5.51. The molecule has 2 rings (SSSR count). The molecular formula is C14H12Br2IN. The quantitative estimate of drug-likeness (QED) is 0.611. The molecular weight excluding hydrogens is 469 g/mol. The number of rotatable bonds is 3. The van der Waals surface area contributed by atoms with Crippen molar-refractivity contribution in [2.45, 2.75) is 12.5 Å². The van der Waals surface area contributed by atoms with Crippen LogP contribution in [0.25, 0.3) is 0 Å². The maximum atomic E-state index is 6.30. The van der Waals surface area contributed by atoms with E-state index in [9.17, 15) is 0 Å². The second kappa shape index (κ2) is 6.50. The van der Waals surface area contributed by atoms with Crippen molar-refractivity contribution < 1.29 is 0 Å². The Morgan fingerprint density at radius 3 is 2.61 bits per heavy atom. The molecule has 1 unspecified atom stereocenters.